The quantitative estimate of drug-likeness (QED) is 0.518. The molecule has 0 aliphatic rings. The van der Waals surface area contributed by atoms with Crippen LogP contribution in [0.2, 0.25) is 0 Å². The lowest BCUT2D eigenvalue weighted by atomic mass is 10.1. The van der Waals surface area contributed by atoms with Crippen LogP contribution in [0.4, 0.5) is 0 Å². The smallest absolute Gasteiger partial charge is 0.246 e. The van der Waals surface area contributed by atoms with Crippen LogP contribution in [0, 0.1) is 0 Å². The van der Waals surface area contributed by atoms with Crippen molar-refractivity contribution in [3.63, 3.8) is 0 Å². The van der Waals surface area contributed by atoms with Gasteiger partial charge in [-0.2, -0.15) is 0 Å². The van der Waals surface area contributed by atoms with Gasteiger partial charge in [-0.1, -0.05) is 6.92 Å². The third kappa shape index (κ3) is 5.04. The number of nitrogens with zero attached hydrogens (tertiary/aromatic N) is 1. The average molecular weight is 309 g/mol. The van der Waals surface area contributed by atoms with E-state index in [1.54, 1.807) is 18.2 Å². The summed E-state index contributed by atoms with van der Waals surface area (Å²) in [5, 5.41) is 1.11. The fourth-order valence-corrected chi connectivity index (χ4v) is 1.80. The number of Topliss-reactive ketones (excluding diaryl/α,β-unsaturated/α-hetero) is 1. The van der Waals surface area contributed by atoms with E-state index < -0.39 is 0 Å². The standard InChI is InChI=1S/C16H23NO5/c1-5-10-22-14-8-6-12(11-15(14)20-3)13(18)7-9-16(19)17(2)21-4/h6,8,11H,5,7,9-10H2,1-4H3. The van der Waals surface area contributed by atoms with E-state index in [-0.39, 0.29) is 24.5 Å². The van der Waals surface area contributed by atoms with Gasteiger partial charge in [-0.25, -0.2) is 5.06 Å². The summed E-state index contributed by atoms with van der Waals surface area (Å²) in [6.45, 7) is 2.60. The lowest BCUT2D eigenvalue weighted by Crippen LogP contribution is -2.25. The van der Waals surface area contributed by atoms with Gasteiger partial charge in [0.1, 0.15) is 0 Å². The number of ketones is 1. The Hall–Kier alpha value is -2.08. The molecule has 1 rings (SSSR count). The number of hydrogen-bond acceptors (Lipinski definition) is 5. The van der Waals surface area contributed by atoms with Gasteiger partial charge in [-0.05, 0) is 24.6 Å². The van der Waals surface area contributed by atoms with E-state index in [4.69, 9.17) is 14.3 Å². The molecule has 0 radical (unpaired) electrons. The lowest BCUT2D eigenvalue weighted by Gasteiger charge is -2.13. The first kappa shape index (κ1) is 18.0. The Morgan fingerprint density at radius 1 is 1.14 bits per heavy atom. The summed E-state index contributed by atoms with van der Waals surface area (Å²) in [6.07, 6.45) is 1.10. The summed E-state index contributed by atoms with van der Waals surface area (Å²) in [4.78, 5) is 28.5. The molecule has 0 heterocycles. The molecule has 6 heteroatoms. The largest absolute Gasteiger partial charge is 0.493 e. The van der Waals surface area contributed by atoms with Gasteiger partial charge in [0, 0.05) is 25.5 Å². The molecule has 0 N–H and O–H groups in total. The minimum absolute atomic E-state index is 0.0968. The van der Waals surface area contributed by atoms with Crippen LogP contribution in [0.1, 0.15) is 36.5 Å². The summed E-state index contributed by atoms with van der Waals surface area (Å²) in [6, 6.07) is 5.03. The molecule has 1 aromatic carbocycles. The Labute approximate surface area is 130 Å². The molecule has 0 aromatic heterocycles. The van der Waals surface area contributed by atoms with Gasteiger partial charge in [0.05, 0.1) is 20.8 Å². The molecule has 0 saturated heterocycles. The molecule has 0 atom stereocenters. The van der Waals surface area contributed by atoms with Crippen molar-refractivity contribution in [3.8, 4) is 11.5 Å². The molecule has 1 amide bonds. The van der Waals surface area contributed by atoms with Crippen LogP contribution >= 0.6 is 0 Å². The molecule has 0 unspecified atom stereocenters. The Kier molecular flexibility index (Phi) is 7.39. The summed E-state index contributed by atoms with van der Waals surface area (Å²) in [5.74, 6) is 0.750. The van der Waals surface area contributed by atoms with Crippen LogP contribution in [-0.2, 0) is 9.63 Å². The Morgan fingerprint density at radius 3 is 2.45 bits per heavy atom. The minimum atomic E-state index is -0.245. The highest BCUT2D eigenvalue weighted by atomic mass is 16.7. The Morgan fingerprint density at radius 2 is 1.86 bits per heavy atom. The second-order valence-electron chi connectivity index (χ2n) is 4.71. The molecule has 0 bridgehead atoms. The second kappa shape index (κ2) is 9.04. The SMILES string of the molecule is CCCOc1ccc(C(=O)CCC(=O)N(C)OC)cc1OC. The highest BCUT2D eigenvalue weighted by molar-refractivity contribution is 5.98. The maximum atomic E-state index is 12.1. The highest BCUT2D eigenvalue weighted by Gasteiger charge is 2.14. The van der Waals surface area contributed by atoms with E-state index in [1.165, 1.54) is 21.3 Å². The first-order valence-corrected chi connectivity index (χ1v) is 7.18. The molecule has 0 saturated carbocycles. The van der Waals surface area contributed by atoms with Gasteiger partial charge in [0.15, 0.2) is 17.3 Å². The summed E-state index contributed by atoms with van der Waals surface area (Å²) >= 11 is 0. The molecule has 22 heavy (non-hydrogen) atoms. The van der Waals surface area contributed by atoms with Gasteiger partial charge in [0.25, 0.3) is 0 Å². The Bertz CT molecular complexity index is 515. The normalized spacial score (nSPS) is 10.2. The minimum Gasteiger partial charge on any atom is -0.493 e. The van der Waals surface area contributed by atoms with E-state index in [1.807, 2.05) is 6.92 Å². The molecular formula is C16H23NO5. The topological polar surface area (TPSA) is 65.1 Å². The lowest BCUT2D eigenvalue weighted by molar-refractivity contribution is -0.168. The number of carbonyl (C=O) groups excluding carboxylic acids is 2. The Balaban J connectivity index is 2.71. The van der Waals surface area contributed by atoms with Crippen LogP contribution < -0.4 is 9.47 Å². The third-order valence-electron chi connectivity index (χ3n) is 3.14. The highest BCUT2D eigenvalue weighted by Crippen LogP contribution is 2.28. The maximum absolute atomic E-state index is 12.1. The van der Waals surface area contributed by atoms with E-state index >= 15 is 0 Å². The fourth-order valence-electron chi connectivity index (χ4n) is 1.80. The zero-order valence-corrected chi connectivity index (χ0v) is 13.5. The van der Waals surface area contributed by atoms with Gasteiger partial charge >= 0.3 is 0 Å². The van der Waals surface area contributed by atoms with Crippen LogP contribution in [0.15, 0.2) is 18.2 Å². The van der Waals surface area contributed by atoms with E-state index in [9.17, 15) is 9.59 Å². The second-order valence-corrected chi connectivity index (χ2v) is 4.71. The van der Waals surface area contributed by atoms with Crippen LogP contribution in [0.3, 0.4) is 0 Å². The zero-order valence-electron chi connectivity index (χ0n) is 13.5. The number of rotatable bonds is 9. The molecule has 0 spiro atoms. The molecule has 1 aromatic rings. The number of ether oxygens (including phenoxy) is 2. The van der Waals surface area contributed by atoms with Crippen molar-refractivity contribution in [2.24, 2.45) is 0 Å². The zero-order chi connectivity index (χ0) is 16.5. The fraction of sp³-hybridized carbons (Fsp3) is 0.500. The van der Waals surface area contributed by atoms with Crippen LogP contribution in [-0.4, -0.2) is 44.6 Å². The molecule has 122 valence electrons. The van der Waals surface area contributed by atoms with Crippen molar-refractivity contribution in [1.29, 1.82) is 0 Å². The number of carbonyl (C=O) groups is 2. The number of amides is 1. The van der Waals surface area contributed by atoms with Gasteiger partial charge < -0.3 is 9.47 Å². The summed E-state index contributed by atoms with van der Waals surface area (Å²) in [5.41, 5.74) is 0.494. The number of benzene rings is 1. The van der Waals surface area contributed by atoms with Crippen LogP contribution in [0.5, 0.6) is 11.5 Å². The first-order chi connectivity index (χ1) is 10.5. The van der Waals surface area contributed by atoms with Crippen molar-refractivity contribution in [2.45, 2.75) is 26.2 Å². The average Bonchev–Trinajstić information content (AvgIpc) is 2.56. The van der Waals surface area contributed by atoms with Gasteiger partial charge in [-0.15, -0.1) is 0 Å². The maximum Gasteiger partial charge on any atom is 0.246 e. The summed E-state index contributed by atoms with van der Waals surface area (Å²) in [7, 11) is 4.44. The van der Waals surface area contributed by atoms with Crippen molar-refractivity contribution in [2.75, 3.05) is 27.9 Å². The van der Waals surface area contributed by atoms with Crippen molar-refractivity contribution in [1.82, 2.24) is 5.06 Å². The molecular weight excluding hydrogens is 286 g/mol. The van der Waals surface area contributed by atoms with E-state index in [2.05, 4.69) is 0 Å². The van der Waals surface area contributed by atoms with Gasteiger partial charge in [-0.3, -0.25) is 14.4 Å². The van der Waals surface area contributed by atoms with Crippen molar-refractivity contribution in [3.05, 3.63) is 23.8 Å². The number of hydroxylamine groups is 2. The molecule has 0 fully saturated rings. The predicted molar refractivity (Wildman–Crippen MR) is 82.1 cm³/mol. The van der Waals surface area contributed by atoms with E-state index in [0.717, 1.165) is 11.5 Å². The van der Waals surface area contributed by atoms with Crippen molar-refractivity contribution >= 4 is 11.7 Å². The van der Waals surface area contributed by atoms with Gasteiger partial charge in [0.2, 0.25) is 5.91 Å². The third-order valence-corrected chi connectivity index (χ3v) is 3.14. The monoisotopic (exact) mass is 309 g/mol. The number of methoxy groups -OCH3 is 1. The van der Waals surface area contributed by atoms with E-state index in [0.29, 0.717) is 23.7 Å². The van der Waals surface area contributed by atoms with Crippen LogP contribution in [0.25, 0.3) is 0 Å². The molecule has 0 aliphatic heterocycles. The summed E-state index contributed by atoms with van der Waals surface area (Å²) < 4.78 is 10.8. The molecule has 0 aliphatic carbocycles. The molecule has 6 nitrogen and oxygen atoms in total. The first-order valence-electron chi connectivity index (χ1n) is 7.18. The number of hydrogen-bond donors (Lipinski definition) is 0. The predicted octanol–water partition coefficient (Wildman–Crippen LogP) is 2.47. The van der Waals surface area contributed by atoms with Crippen molar-refractivity contribution < 1.29 is 23.9 Å².